The van der Waals surface area contributed by atoms with E-state index in [9.17, 15) is 13.2 Å². The monoisotopic (exact) mass is 449 g/mol. The topological polar surface area (TPSA) is 69.2 Å². The lowest BCUT2D eigenvalue weighted by Crippen LogP contribution is -2.51. The summed E-state index contributed by atoms with van der Waals surface area (Å²) < 4.78 is 47.4. The van der Waals surface area contributed by atoms with Gasteiger partial charge in [-0.3, -0.25) is 9.58 Å². The van der Waals surface area contributed by atoms with Gasteiger partial charge in [0.2, 0.25) is 0 Å². The molecule has 3 heterocycles. The molecule has 9 heteroatoms. The highest BCUT2D eigenvalue weighted by Gasteiger charge is 2.59. The molecule has 3 fully saturated rings. The molecule has 0 radical (unpaired) electrons. The first kappa shape index (κ1) is 21.7. The molecule has 0 spiro atoms. The van der Waals surface area contributed by atoms with E-state index in [0.717, 1.165) is 44.2 Å². The van der Waals surface area contributed by atoms with Crippen LogP contribution in [0.2, 0.25) is 0 Å². The van der Waals surface area contributed by atoms with Crippen molar-refractivity contribution in [3.05, 3.63) is 29.6 Å². The number of likely N-dealkylation sites (N-methyl/N-ethyl adjacent to an activating group) is 1. The lowest BCUT2D eigenvalue weighted by atomic mass is 10.0. The van der Waals surface area contributed by atoms with Gasteiger partial charge in [-0.15, -0.1) is 0 Å². The van der Waals surface area contributed by atoms with Gasteiger partial charge < -0.3 is 10.5 Å². The van der Waals surface area contributed by atoms with E-state index in [1.165, 1.54) is 6.20 Å². The molecule has 3 aliphatic rings. The van der Waals surface area contributed by atoms with E-state index in [0.29, 0.717) is 41.1 Å². The number of rotatable bonds is 6. The lowest BCUT2D eigenvalue weighted by Gasteiger charge is -2.39. The Morgan fingerprint density at radius 2 is 1.91 bits per heavy atom. The minimum Gasteiger partial charge on any atom is -0.383 e. The smallest absolute Gasteiger partial charge is 0.383 e. The average molecular weight is 450 g/mol. The fourth-order valence-corrected chi connectivity index (χ4v) is 5.51. The summed E-state index contributed by atoms with van der Waals surface area (Å²) >= 11 is 0. The van der Waals surface area contributed by atoms with Crippen LogP contribution in [0.4, 0.5) is 19.0 Å². The van der Waals surface area contributed by atoms with Crippen LogP contribution >= 0.6 is 0 Å². The third kappa shape index (κ3) is 3.59. The summed E-state index contributed by atoms with van der Waals surface area (Å²) in [6, 6.07) is 4.34. The first-order valence-corrected chi connectivity index (χ1v) is 11.4. The third-order valence-electron chi connectivity index (χ3n) is 7.83. The van der Waals surface area contributed by atoms with E-state index in [1.54, 1.807) is 0 Å². The van der Waals surface area contributed by atoms with Gasteiger partial charge >= 0.3 is 6.18 Å². The molecule has 0 aromatic carbocycles. The number of aromatic nitrogens is 3. The molecule has 5 rings (SSSR count). The van der Waals surface area contributed by atoms with Gasteiger partial charge in [-0.25, -0.2) is 4.98 Å². The van der Waals surface area contributed by atoms with Crippen LogP contribution in [0.1, 0.15) is 56.3 Å². The average Bonchev–Trinajstić information content (AvgIpc) is 3.07. The minimum atomic E-state index is -4.55. The number of anilines is 1. The molecule has 6 nitrogen and oxygen atoms in total. The highest BCUT2D eigenvalue weighted by Crippen LogP contribution is 2.64. The van der Waals surface area contributed by atoms with Gasteiger partial charge in [-0.05, 0) is 57.2 Å². The Morgan fingerprint density at radius 3 is 2.47 bits per heavy atom. The van der Waals surface area contributed by atoms with Crippen LogP contribution in [0.25, 0.3) is 11.3 Å². The van der Waals surface area contributed by atoms with E-state index in [2.05, 4.69) is 30.8 Å². The summed E-state index contributed by atoms with van der Waals surface area (Å²) in [5.74, 6) is 1.15. The van der Waals surface area contributed by atoms with Crippen LogP contribution in [-0.2, 0) is 10.9 Å². The maximum Gasteiger partial charge on any atom is 0.419 e. The summed E-state index contributed by atoms with van der Waals surface area (Å²) in [6.45, 7) is 5.85. The number of hydrogen-bond acceptors (Lipinski definition) is 5. The Bertz CT molecular complexity index is 990. The molecule has 1 aliphatic heterocycles. The number of nitrogens with zero attached hydrogens (tertiary/aromatic N) is 4. The number of nitrogens with two attached hydrogens (primary N) is 1. The van der Waals surface area contributed by atoms with Gasteiger partial charge in [0.1, 0.15) is 5.82 Å². The predicted octanol–water partition coefficient (Wildman–Crippen LogP) is 4.34. The Balaban J connectivity index is 1.40. The van der Waals surface area contributed by atoms with E-state index in [-0.39, 0.29) is 6.04 Å². The molecule has 2 saturated carbocycles. The molecule has 2 N–H and O–H groups in total. The van der Waals surface area contributed by atoms with Crippen LogP contribution in [0.3, 0.4) is 0 Å². The van der Waals surface area contributed by atoms with Gasteiger partial charge in [0.25, 0.3) is 0 Å². The number of pyridine rings is 1. The molecule has 174 valence electrons. The molecule has 2 aromatic heterocycles. The molecule has 1 saturated heterocycles. The number of hydrogen-bond donors (Lipinski definition) is 1. The quantitative estimate of drug-likeness (QED) is 0.711. The molecular formula is C23H30F3N5O. The molecule has 0 amide bonds. The van der Waals surface area contributed by atoms with Crippen molar-refractivity contribution in [3.63, 3.8) is 0 Å². The lowest BCUT2D eigenvalue weighted by molar-refractivity contribution is -0.137. The molecule has 0 bridgehead atoms. The fraction of sp³-hybridized carbons (Fsp3) is 0.652. The van der Waals surface area contributed by atoms with Crippen molar-refractivity contribution in [2.75, 3.05) is 26.0 Å². The van der Waals surface area contributed by atoms with Crippen molar-refractivity contribution in [3.8, 4) is 11.3 Å². The fourth-order valence-electron chi connectivity index (χ4n) is 5.51. The van der Waals surface area contributed by atoms with Gasteiger partial charge in [-0.2, -0.15) is 18.3 Å². The second-order valence-electron chi connectivity index (χ2n) is 9.65. The van der Waals surface area contributed by atoms with Crippen LogP contribution in [-0.4, -0.2) is 52.0 Å². The van der Waals surface area contributed by atoms with E-state index in [4.69, 9.17) is 15.6 Å². The molecule has 32 heavy (non-hydrogen) atoms. The van der Waals surface area contributed by atoms with Gasteiger partial charge in [0.15, 0.2) is 0 Å². The van der Waals surface area contributed by atoms with Crippen LogP contribution < -0.4 is 5.73 Å². The molecule has 5 atom stereocenters. The Kier molecular flexibility index (Phi) is 5.24. The number of fused-ring (bicyclic) bond motifs is 1. The summed E-state index contributed by atoms with van der Waals surface area (Å²) in [6.07, 6.45) is 0.0548. The van der Waals surface area contributed by atoms with Gasteiger partial charge in [0.05, 0.1) is 30.5 Å². The SMILES string of the molecule is CCC(C)n1nc(-c2cnc(N)c(C(F)(F)F)c2)cc1C1[C@H]2CC(N(C)C3COC3)C[C@@H]12. The number of nitrogen functional groups attached to an aromatic ring is 1. The summed E-state index contributed by atoms with van der Waals surface area (Å²) in [7, 11) is 2.20. The zero-order valence-corrected chi connectivity index (χ0v) is 18.6. The van der Waals surface area contributed by atoms with E-state index in [1.807, 2.05) is 10.7 Å². The minimum absolute atomic E-state index is 0.175. The summed E-state index contributed by atoms with van der Waals surface area (Å²) in [4.78, 5) is 6.27. The van der Waals surface area contributed by atoms with E-state index >= 15 is 0 Å². The standard InChI is InChI=1S/C23H30F3N5O/c1-4-12(2)31-20(21-16-6-14(7-17(16)21)30(3)15-10-32-11-15)8-19(29-31)13-5-18(23(24,25)26)22(27)28-9-13/h5,8-9,12,14-17,21H,4,6-7,10-11H2,1-3H3,(H2,27,28)/t12?,14?,16-,17+,21?. The predicted molar refractivity (Wildman–Crippen MR) is 115 cm³/mol. The highest BCUT2D eigenvalue weighted by atomic mass is 19.4. The van der Waals surface area contributed by atoms with Crippen LogP contribution in [0.5, 0.6) is 0 Å². The van der Waals surface area contributed by atoms with Crippen molar-refractivity contribution in [1.82, 2.24) is 19.7 Å². The number of ether oxygens (including phenoxy) is 1. The Hall–Kier alpha value is -2.13. The number of halogens is 3. The zero-order valence-electron chi connectivity index (χ0n) is 18.6. The third-order valence-corrected chi connectivity index (χ3v) is 7.83. The van der Waals surface area contributed by atoms with Gasteiger partial charge in [-0.1, -0.05) is 6.92 Å². The summed E-state index contributed by atoms with van der Waals surface area (Å²) in [5.41, 5.74) is 6.59. The van der Waals surface area contributed by atoms with Crippen molar-refractivity contribution in [2.45, 2.75) is 63.3 Å². The largest absolute Gasteiger partial charge is 0.419 e. The van der Waals surface area contributed by atoms with Crippen molar-refractivity contribution in [2.24, 2.45) is 11.8 Å². The normalized spacial score (nSPS) is 28.6. The zero-order chi connectivity index (χ0) is 22.8. The maximum absolute atomic E-state index is 13.3. The molecular weight excluding hydrogens is 419 g/mol. The van der Waals surface area contributed by atoms with Crippen molar-refractivity contribution >= 4 is 5.82 Å². The first-order chi connectivity index (χ1) is 15.2. The maximum atomic E-state index is 13.3. The second kappa shape index (κ2) is 7.73. The van der Waals surface area contributed by atoms with E-state index < -0.39 is 17.6 Å². The van der Waals surface area contributed by atoms with Crippen LogP contribution in [0, 0.1) is 11.8 Å². The second-order valence-corrected chi connectivity index (χ2v) is 9.65. The highest BCUT2D eigenvalue weighted by molar-refractivity contribution is 5.63. The molecule has 3 unspecified atom stereocenters. The number of alkyl halides is 3. The molecule has 2 aromatic rings. The molecule has 2 aliphatic carbocycles. The van der Waals surface area contributed by atoms with Crippen LogP contribution in [0.15, 0.2) is 18.3 Å². The van der Waals surface area contributed by atoms with Crippen molar-refractivity contribution < 1.29 is 17.9 Å². The van der Waals surface area contributed by atoms with Crippen molar-refractivity contribution in [1.29, 1.82) is 0 Å². The Morgan fingerprint density at radius 1 is 1.22 bits per heavy atom. The first-order valence-electron chi connectivity index (χ1n) is 11.4. The Labute approximate surface area is 185 Å². The summed E-state index contributed by atoms with van der Waals surface area (Å²) in [5, 5.41) is 4.74. The van der Waals surface area contributed by atoms with Gasteiger partial charge in [0, 0.05) is 35.5 Å².